The molecule has 0 bridgehead atoms. The zero-order valence-electron chi connectivity index (χ0n) is 15.7. The lowest BCUT2D eigenvalue weighted by Gasteiger charge is -2.09. The topological polar surface area (TPSA) is 73.9 Å². The van der Waals surface area contributed by atoms with Gasteiger partial charge in [-0.2, -0.15) is 0 Å². The minimum Gasteiger partial charge on any atom is -0.493 e. The molecular formula is C21H23NO5. The third-order valence-electron chi connectivity index (χ3n) is 3.84. The van der Waals surface area contributed by atoms with Gasteiger partial charge in [0.15, 0.2) is 18.1 Å². The number of methoxy groups -OCH3 is 2. The van der Waals surface area contributed by atoms with E-state index in [2.05, 4.69) is 5.32 Å². The van der Waals surface area contributed by atoms with Crippen LogP contribution >= 0.6 is 0 Å². The summed E-state index contributed by atoms with van der Waals surface area (Å²) in [7, 11) is 3.09. The summed E-state index contributed by atoms with van der Waals surface area (Å²) < 4.78 is 15.4. The fourth-order valence-electron chi connectivity index (χ4n) is 2.44. The molecule has 6 nitrogen and oxygen atoms in total. The molecule has 6 heteroatoms. The molecule has 0 aliphatic carbocycles. The van der Waals surface area contributed by atoms with Crippen molar-refractivity contribution >= 4 is 23.6 Å². The van der Waals surface area contributed by atoms with E-state index in [-0.39, 0.29) is 12.5 Å². The van der Waals surface area contributed by atoms with Gasteiger partial charge in [0.1, 0.15) is 0 Å². The Hall–Kier alpha value is -3.28. The van der Waals surface area contributed by atoms with Crippen molar-refractivity contribution in [2.75, 3.05) is 26.1 Å². The van der Waals surface area contributed by atoms with E-state index in [4.69, 9.17) is 14.2 Å². The number of nitrogens with one attached hydrogen (secondary N) is 1. The Morgan fingerprint density at radius 2 is 1.78 bits per heavy atom. The Morgan fingerprint density at radius 3 is 2.48 bits per heavy atom. The van der Waals surface area contributed by atoms with Crippen molar-refractivity contribution in [3.05, 3.63) is 59.7 Å². The van der Waals surface area contributed by atoms with Gasteiger partial charge in [-0.05, 0) is 41.8 Å². The standard InChI is InChI=1S/C21H23NO5/c1-4-16-7-5-6-8-17(16)22-20(23)14-27-21(24)12-10-15-9-11-18(25-2)19(13-15)26-3/h5-13H,4,14H2,1-3H3,(H,22,23). The van der Waals surface area contributed by atoms with E-state index in [9.17, 15) is 9.59 Å². The van der Waals surface area contributed by atoms with Crippen molar-refractivity contribution in [1.29, 1.82) is 0 Å². The zero-order valence-corrected chi connectivity index (χ0v) is 15.7. The smallest absolute Gasteiger partial charge is 0.331 e. The minimum absolute atomic E-state index is 0.354. The van der Waals surface area contributed by atoms with Gasteiger partial charge in [0.2, 0.25) is 0 Å². The minimum atomic E-state index is -0.608. The van der Waals surface area contributed by atoms with Crippen LogP contribution in [0.25, 0.3) is 6.08 Å². The number of ether oxygens (including phenoxy) is 3. The third-order valence-corrected chi connectivity index (χ3v) is 3.84. The maximum Gasteiger partial charge on any atom is 0.331 e. The second kappa shape index (κ2) is 10.0. The molecule has 1 amide bonds. The molecule has 0 aliphatic heterocycles. The number of hydrogen-bond acceptors (Lipinski definition) is 5. The summed E-state index contributed by atoms with van der Waals surface area (Å²) in [6.07, 6.45) is 3.63. The molecule has 2 rings (SSSR count). The van der Waals surface area contributed by atoms with Gasteiger partial charge in [0.05, 0.1) is 14.2 Å². The third kappa shape index (κ3) is 5.88. The SMILES string of the molecule is CCc1ccccc1NC(=O)COC(=O)C=Cc1ccc(OC)c(OC)c1. The Bertz CT molecular complexity index is 829. The van der Waals surface area contributed by atoms with Crippen molar-refractivity contribution in [2.45, 2.75) is 13.3 Å². The molecule has 0 spiro atoms. The highest BCUT2D eigenvalue weighted by Crippen LogP contribution is 2.27. The van der Waals surface area contributed by atoms with Gasteiger partial charge in [0, 0.05) is 11.8 Å². The summed E-state index contributed by atoms with van der Waals surface area (Å²) in [6, 6.07) is 12.8. The van der Waals surface area contributed by atoms with Gasteiger partial charge in [-0.15, -0.1) is 0 Å². The molecule has 27 heavy (non-hydrogen) atoms. The zero-order chi connectivity index (χ0) is 19.6. The number of benzene rings is 2. The average molecular weight is 369 g/mol. The van der Waals surface area contributed by atoms with E-state index in [1.807, 2.05) is 31.2 Å². The van der Waals surface area contributed by atoms with Crippen LogP contribution in [0.15, 0.2) is 48.5 Å². The van der Waals surface area contributed by atoms with Crippen LogP contribution in [-0.2, 0) is 20.7 Å². The first-order valence-corrected chi connectivity index (χ1v) is 8.52. The quantitative estimate of drug-likeness (QED) is 0.570. The molecule has 0 saturated carbocycles. The monoisotopic (exact) mass is 369 g/mol. The largest absolute Gasteiger partial charge is 0.493 e. The first kappa shape index (κ1) is 20.0. The number of carbonyl (C=O) groups excluding carboxylic acids is 2. The molecule has 0 aromatic heterocycles. The van der Waals surface area contributed by atoms with Gasteiger partial charge in [0.25, 0.3) is 5.91 Å². The molecule has 0 radical (unpaired) electrons. The van der Waals surface area contributed by atoms with Gasteiger partial charge in [-0.25, -0.2) is 4.79 Å². The average Bonchev–Trinajstić information content (AvgIpc) is 2.70. The summed E-state index contributed by atoms with van der Waals surface area (Å²) in [6.45, 7) is 1.65. The number of aryl methyl sites for hydroxylation is 1. The van der Waals surface area contributed by atoms with Gasteiger partial charge in [-0.1, -0.05) is 31.2 Å². The highest BCUT2D eigenvalue weighted by molar-refractivity contribution is 5.95. The summed E-state index contributed by atoms with van der Waals surface area (Å²) in [5.41, 5.74) is 2.48. The van der Waals surface area contributed by atoms with Crippen LogP contribution in [0, 0.1) is 0 Å². The van der Waals surface area contributed by atoms with Crippen molar-refractivity contribution in [3.63, 3.8) is 0 Å². The maximum absolute atomic E-state index is 12.0. The van der Waals surface area contributed by atoms with Gasteiger partial charge >= 0.3 is 5.97 Å². The summed E-state index contributed by atoms with van der Waals surface area (Å²) >= 11 is 0. The van der Waals surface area contributed by atoms with E-state index < -0.39 is 5.97 Å². The molecule has 0 heterocycles. The van der Waals surface area contributed by atoms with Crippen LogP contribution in [0.5, 0.6) is 11.5 Å². The highest BCUT2D eigenvalue weighted by Gasteiger charge is 2.08. The highest BCUT2D eigenvalue weighted by atomic mass is 16.5. The number of esters is 1. The maximum atomic E-state index is 12.0. The molecule has 1 N–H and O–H groups in total. The van der Waals surface area contributed by atoms with Crippen LogP contribution in [0.1, 0.15) is 18.1 Å². The molecule has 0 unspecified atom stereocenters. The number of hydrogen-bond donors (Lipinski definition) is 1. The summed E-state index contributed by atoms with van der Waals surface area (Å²) in [5, 5.41) is 2.75. The lowest BCUT2D eigenvalue weighted by molar-refractivity contribution is -0.142. The van der Waals surface area contributed by atoms with E-state index in [1.54, 1.807) is 31.4 Å². The molecular weight excluding hydrogens is 346 g/mol. The van der Waals surface area contributed by atoms with Crippen molar-refractivity contribution < 1.29 is 23.8 Å². The van der Waals surface area contributed by atoms with Crippen LogP contribution < -0.4 is 14.8 Å². The van der Waals surface area contributed by atoms with Gasteiger partial charge < -0.3 is 19.5 Å². The van der Waals surface area contributed by atoms with Crippen LogP contribution in [0.2, 0.25) is 0 Å². The van der Waals surface area contributed by atoms with Crippen molar-refractivity contribution in [1.82, 2.24) is 0 Å². The lowest BCUT2D eigenvalue weighted by Crippen LogP contribution is -2.20. The Kier molecular flexibility index (Phi) is 7.43. The second-order valence-corrected chi connectivity index (χ2v) is 5.61. The number of para-hydroxylation sites is 1. The number of carbonyl (C=O) groups is 2. The lowest BCUT2D eigenvalue weighted by atomic mass is 10.1. The number of rotatable bonds is 8. The van der Waals surface area contributed by atoms with Crippen LogP contribution in [0.3, 0.4) is 0 Å². The molecule has 142 valence electrons. The number of amides is 1. The predicted molar refractivity (Wildman–Crippen MR) is 104 cm³/mol. The van der Waals surface area contributed by atoms with Crippen LogP contribution in [-0.4, -0.2) is 32.7 Å². The molecule has 0 atom stereocenters. The van der Waals surface area contributed by atoms with Gasteiger partial charge in [-0.3, -0.25) is 4.79 Å². The fourth-order valence-corrected chi connectivity index (χ4v) is 2.44. The van der Waals surface area contributed by atoms with E-state index in [0.717, 1.165) is 23.2 Å². The van der Waals surface area contributed by atoms with E-state index >= 15 is 0 Å². The molecule has 2 aromatic carbocycles. The molecule has 2 aromatic rings. The normalized spacial score (nSPS) is 10.5. The number of anilines is 1. The first-order chi connectivity index (χ1) is 13.1. The van der Waals surface area contributed by atoms with Crippen molar-refractivity contribution in [2.24, 2.45) is 0 Å². The summed E-state index contributed by atoms with van der Waals surface area (Å²) in [4.78, 5) is 23.8. The predicted octanol–water partition coefficient (Wildman–Crippen LogP) is 3.46. The second-order valence-electron chi connectivity index (χ2n) is 5.61. The summed E-state index contributed by atoms with van der Waals surface area (Å²) in [5.74, 6) is 0.163. The van der Waals surface area contributed by atoms with E-state index in [1.165, 1.54) is 13.2 Å². The Labute approximate surface area is 158 Å². The molecule has 0 fully saturated rings. The first-order valence-electron chi connectivity index (χ1n) is 8.52. The molecule has 0 saturated heterocycles. The van der Waals surface area contributed by atoms with E-state index in [0.29, 0.717) is 11.5 Å². The van der Waals surface area contributed by atoms with Crippen LogP contribution in [0.4, 0.5) is 5.69 Å². The Balaban J connectivity index is 1.88. The molecule has 0 aliphatic rings. The Morgan fingerprint density at radius 1 is 1.04 bits per heavy atom. The fraction of sp³-hybridized carbons (Fsp3) is 0.238. The van der Waals surface area contributed by atoms with Crippen molar-refractivity contribution in [3.8, 4) is 11.5 Å².